The summed E-state index contributed by atoms with van der Waals surface area (Å²) in [7, 11) is 0. The van der Waals surface area contributed by atoms with Gasteiger partial charge in [0.15, 0.2) is 0 Å². The van der Waals surface area contributed by atoms with Gasteiger partial charge in [-0.2, -0.15) is 0 Å². The summed E-state index contributed by atoms with van der Waals surface area (Å²) in [6, 6.07) is 9.12. The second kappa shape index (κ2) is 6.94. The molecule has 2 aromatic rings. The van der Waals surface area contributed by atoms with Gasteiger partial charge in [0.25, 0.3) is 5.91 Å². The van der Waals surface area contributed by atoms with Crippen LogP contribution >= 0.6 is 0 Å². The van der Waals surface area contributed by atoms with Gasteiger partial charge in [0.05, 0.1) is 17.9 Å². The molecule has 0 fully saturated rings. The van der Waals surface area contributed by atoms with Crippen LogP contribution in [0.4, 0.5) is 10.5 Å². The first kappa shape index (κ1) is 17.0. The molecule has 0 aliphatic carbocycles. The number of aliphatic hydroxyl groups is 1. The molecule has 1 aliphatic heterocycles. The van der Waals surface area contributed by atoms with E-state index in [1.807, 2.05) is 32.0 Å². The maximum atomic E-state index is 12.9. The van der Waals surface area contributed by atoms with Crippen LogP contribution in [-0.4, -0.2) is 35.3 Å². The van der Waals surface area contributed by atoms with Gasteiger partial charge < -0.3 is 14.8 Å². The summed E-state index contributed by atoms with van der Waals surface area (Å²) in [6.45, 7) is 3.90. The van der Waals surface area contributed by atoms with Crippen LogP contribution in [-0.2, 0) is 9.53 Å². The number of aryl methyl sites for hydroxylation is 2. The highest BCUT2D eigenvalue weighted by molar-refractivity contribution is 6.41. The molecule has 2 heterocycles. The molecule has 0 bridgehead atoms. The number of anilines is 1. The van der Waals surface area contributed by atoms with Crippen molar-refractivity contribution in [2.45, 2.75) is 20.3 Å². The van der Waals surface area contributed by atoms with E-state index < -0.39 is 12.0 Å². The normalized spacial score (nSPS) is 14.9. The van der Waals surface area contributed by atoms with E-state index in [1.165, 1.54) is 0 Å². The summed E-state index contributed by atoms with van der Waals surface area (Å²) in [5.41, 5.74) is 4.51. The lowest BCUT2D eigenvalue weighted by atomic mass is 10.1. The molecule has 3 rings (SSSR count). The molecule has 0 spiro atoms. The minimum Gasteiger partial charge on any atom is -0.449 e. The molecule has 2 N–H and O–H groups in total. The van der Waals surface area contributed by atoms with E-state index in [2.05, 4.69) is 4.98 Å². The van der Waals surface area contributed by atoms with Gasteiger partial charge in [0.2, 0.25) is 0 Å². The van der Waals surface area contributed by atoms with Gasteiger partial charge in [-0.1, -0.05) is 18.2 Å². The molecular weight excluding hydrogens is 320 g/mol. The Bertz CT molecular complexity index is 851. The van der Waals surface area contributed by atoms with Crippen LogP contribution in [0.15, 0.2) is 30.3 Å². The molecular formula is C19H20N2O4. The summed E-state index contributed by atoms with van der Waals surface area (Å²) in [6.07, 6.45) is 1.37. The zero-order chi connectivity index (χ0) is 18.0. The van der Waals surface area contributed by atoms with Crippen LogP contribution in [0.25, 0.3) is 11.6 Å². The van der Waals surface area contributed by atoms with Gasteiger partial charge in [-0.25, -0.2) is 9.69 Å². The number of hydrogen-bond donors (Lipinski definition) is 2. The summed E-state index contributed by atoms with van der Waals surface area (Å²) in [5.74, 6) is -0.415. The Morgan fingerprint density at radius 3 is 2.76 bits per heavy atom. The van der Waals surface area contributed by atoms with Crippen molar-refractivity contribution in [1.82, 2.24) is 4.98 Å². The van der Waals surface area contributed by atoms with Gasteiger partial charge >= 0.3 is 6.09 Å². The monoisotopic (exact) mass is 340 g/mol. The van der Waals surface area contributed by atoms with Crippen molar-refractivity contribution in [1.29, 1.82) is 0 Å². The van der Waals surface area contributed by atoms with Crippen LogP contribution in [0.1, 0.15) is 28.9 Å². The standard InChI is InChI=1S/C19H20N2O4/c1-12-10-13(2)20-16(12)11-15-14-6-3-4-7-17(14)21(18(15)23)19(24)25-9-5-8-22/h3-4,6-7,10-11,20,22H,5,8-9H2,1-2H3. The molecule has 6 heteroatoms. The average molecular weight is 340 g/mol. The second-order valence-corrected chi connectivity index (χ2v) is 5.96. The Morgan fingerprint density at radius 2 is 2.08 bits per heavy atom. The maximum Gasteiger partial charge on any atom is 0.421 e. The first-order valence-corrected chi connectivity index (χ1v) is 8.12. The highest BCUT2D eigenvalue weighted by Crippen LogP contribution is 2.38. The van der Waals surface area contributed by atoms with Gasteiger partial charge in [-0.3, -0.25) is 4.79 Å². The van der Waals surface area contributed by atoms with Crippen molar-refractivity contribution in [3.05, 3.63) is 52.8 Å². The van der Waals surface area contributed by atoms with E-state index in [0.29, 0.717) is 23.2 Å². The number of ether oxygens (including phenoxy) is 1. The summed E-state index contributed by atoms with van der Waals surface area (Å²) < 4.78 is 5.09. The van der Waals surface area contributed by atoms with E-state index in [-0.39, 0.29) is 13.2 Å². The molecule has 1 aliphatic rings. The highest BCUT2D eigenvalue weighted by Gasteiger charge is 2.37. The number of para-hydroxylation sites is 1. The fraction of sp³-hybridized carbons (Fsp3) is 0.263. The number of rotatable bonds is 4. The van der Waals surface area contributed by atoms with Gasteiger partial charge in [-0.15, -0.1) is 0 Å². The summed E-state index contributed by atoms with van der Waals surface area (Å²) in [4.78, 5) is 29.4. The van der Waals surface area contributed by atoms with Crippen LogP contribution in [0.5, 0.6) is 0 Å². The van der Waals surface area contributed by atoms with Crippen molar-refractivity contribution in [3.63, 3.8) is 0 Å². The fourth-order valence-corrected chi connectivity index (χ4v) is 2.89. The molecule has 0 atom stereocenters. The number of H-pyrrole nitrogens is 1. The number of nitrogens with one attached hydrogen (secondary N) is 1. The fourth-order valence-electron chi connectivity index (χ4n) is 2.89. The van der Waals surface area contributed by atoms with Crippen molar-refractivity contribution in [3.8, 4) is 0 Å². The number of carbonyl (C=O) groups is 2. The number of imide groups is 1. The molecule has 0 saturated carbocycles. The Labute approximate surface area is 145 Å². The lowest BCUT2D eigenvalue weighted by Crippen LogP contribution is -2.34. The molecule has 6 nitrogen and oxygen atoms in total. The number of nitrogens with zero attached hydrogens (tertiary/aromatic N) is 1. The van der Waals surface area contributed by atoms with Crippen molar-refractivity contribution in [2.75, 3.05) is 18.1 Å². The summed E-state index contributed by atoms with van der Waals surface area (Å²) in [5, 5.41) is 8.80. The van der Waals surface area contributed by atoms with Crippen molar-refractivity contribution >= 4 is 29.3 Å². The Balaban J connectivity index is 1.98. The topological polar surface area (TPSA) is 82.6 Å². The second-order valence-electron chi connectivity index (χ2n) is 5.96. The van der Waals surface area contributed by atoms with E-state index in [1.54, 1.807) is 18.2 Å². The number of fused-ring (bicyclic) bond motifs is 1. The molecule has 1 aromatic heterocycles. The van der Waals surface area contributed by atoms with Gasteiger partial charge in [-0.05, 0) is 37.6 Å². The van der Waals surface area contributed by atoms with Crippen molar-refractivity contribution < 1.29 is 19.4 Å². The molecule has 1 aromatic carbocycles. The van der Waals surface area contributed by atoms with E-state index in [0.717, 1.165) is 21.9 Å². The average Bonchev–Trinajstić information content (AvgIpc) is 3.05. The Morgan fingerprint density at radius 1 is 1.32 bits per heavy atom. The van der Waals surface area contributed by atoms with Crippen LogP contribution in [0.2, 0.25) is 0 Å². The largest absolute Gasteiger partial charge is 0.449 e. The number of aromatic amines is 1. The number of aromatic nitrogens is 1. The molecule has 130 valence electrons. The summed E-state index contributed by atoms with van der Waals surface area (Å²) >= 11 is 0. The molecule has 0 saturated heterocycles. The van der Waals surface area contributed by atoms with Gasteiger partial charge in [0, 0.05) is 30.0 Å². The maximum absolute atomic E-state index is 12.9. The van der Waals surface area contributed by atoms with E-state index >= 15 is 0 Å². The molecule has 2 amide bonds. The predicted octanol–water partition coefficient (Wildman–Crippen LogP) is 3.04. The lowest BCUT2D eigenvalue weighted by Gasteiger charge is -2.14. The van der Waals surface area contributed by atoms with E-state index in [9.17, 15) is 9.59 Å². The Hall–Kier alpha value is -2.86. The van der Waals surface area contributed by atoms with E-state index in [4.69, 9.17) is 9.84 Å². The molecule has 0 unspecified atom stereocenters. The van der Waals surface area contributed by atoms with Crippen LogP contribution in [0, 0.1) is 13.8 Å². The Kier molecular flexibility index (Phi) is 4.72. The third-order valence-corrected chi connectivity index (χ3v) is 4.06. The smallest absolute Gasteiger partial charge is 0.421 e. The lowest BCUT2D eigenvalue weighted by molar-refractivity contribution is -0.112. The van der Waals surface area contributed by atoms with Crippen molar-refractivity contribution in [2.24, 2.45) is 0 Å². The highest BCUT2D eigenvalue weighted by atomic mass is 16.6. The molecule has 0 radical (unpaired) electrons. The van der Waals surface area contributed by atoms with Crippen LogP contribution < -0.4 is 4.90 Å². The quantitative estimate of drug-likeness (QED) is 0.662. The predicted molar refractivity (Wildman–Crippen MR) is 95.1 cm³/mol. The number of amides is 2. The first-order chi connectivity index (χ1) is 12.0. The number of benzene rings is 1. The van der Waals surface area contributed by atoms with Crippen LogP contribution in [0.3, 0.4) is 0 Å². The number of aliphatic hydroxyl groups excluding tert-OH is 1. The SMILES string of the molecule is Cc1cc(C)c(C=C2C(=O)N(C(=O)OCCCO)c3ccccc32)[nH]1. The third kappa shape index (κ3) is 3.21. The molecule has 25 heavy (non-hydrogen) atoms. The van der Waals surface area contributed by atoms with Gasteiger partial charge in [0.1, 0.15) is 0 Å². The number of hydrogen-bond acceptors (Lipinski definition) is 4. The number of carbonyl (C=O) groups excluding carboxylic acids is 2. The minimum atomic E-state index is -0.728. The minimum absolute atomic E-state index is 0.0647. The first-order valence-electron chi connectivity index (χ1n) is 8.12. The third-order valence-electron chi connectivity index (χ3n) is 4.06. The zero-order valence-electron chi connectivity index (χ0n) is 14.2. The zero-order valence-corrected chi connectivity index (χ0v) is 14.2.